The molecule has 1 N–H and O–H groups in total. The molecule has 0 aliphatic carbocycles. The average Bonchev–Trinajstić information content (AvgIpc) is 2.82. The third-order valence-electron chi connectivity index (χ3n) is 3.61. The predicted molar refractivity (Wildman–Crippen MR) is 86.5 cm³/mol. The van der Waals surface area contributed by atoms with Gasteiger partial charge >= 0.3 is 0 Å². The lowest BCUT2D eigenvalue weighted by molar-refractivity contribution is 0.832. The van der Waals surface area contributed by atoms with Gasteiger partial charge in [-0.15, -0.1) is 0 Å². The van der Waals surface area contributed by atoms with Gasteiger partial charge in [-0.2, -0.15) is 0 Å². The van der Waals surface area contributed by atoms with Gasteiger partial charge in [-0.3, -0.25) is 4.98 Å². The van der Waals surface area contributed by atoms with Gasteiger partial charge in [0.2, 0.25) is 0 Å². The van der Waals surface area contributed by atoms with Crippen molar-refractivity contribution in [2.75, 3.05) is 11.9 Å². The Kier molecular flexibility index (Phi) is 3.86. The van der Waals surface area contributed by atoms with Gasteiger partial charge in [0.15, 0.2) is 0 Å². The van der Waals surface area contributed by atoms with E-state index in [0.29, 0.717) is 0 Å². The SMILES string of the molecule is CCCNc1ccnc(Cc2nc3ccccc3n2C)c1. The molecule has 0 unspecified atom stereocenters. The highest BCUT2D eigenvalue weighted by Gasteiger charge is 2.08. The van der Waals surface area contributed by atoms with Gasteiger partial charge in [-0.1, -0.05) is 19.1 Å². The first-order valence-corrected chi connectivity index (χ1v) is 7.37. The minimum absolute atomic E-state index is 0.743. The van der Waals surface area contributed by atoms with E-state index < -0.39 is 0 Å². The molecule has 0 atom stereocenters. The second-order valence-electron chi connectivity index (χ2n) is 5.22. The van der Waals surface area contributed by atoms with E-state index >= 15 is 0 Å². The molecule has 0 fully saturated rings. The van der Waals surface area contributed by atoms with Crippen LogP contribution >= 0.6 is 0 Å². The third-order valence-corrected chi connectivity index (χ3v) is 3.61. The number of nitrogens with zero attached hydrogens (tertiary/aromatic N) is 3. The first-order valence-electron chi connectivity index (χ1n) is 7.37. The number of pyridine rings is 1. The standard InChI is InChI=1S/C17H20N4/c1-3-9-18-13-8-10-19-14(11-13)12-17-20-15-6-4-5-7-16(15)21(17)2/h4-8,10-11H,3,9,12H2,1-2H3,(H,18,19). The van der Waals surface area contributed by atoms with Crippen LogP contribution in [0.5, 0.6) is 0 Å². The van der Waals surface area contributed by atoms with Crippen LogP contribution < -0.4 is 5.32 Å². The largest absolute Gasteiger partial charge is 0.385 e. The van der Waals surface area contributed by atoms with E-state index in [1.165, 1.54) is 0 Å². The maximum absolute atomic E-state index is 4.70. The van der Waals surface area contributed by atoms with Crippen molar-refractivity contribution < 1.29 is 0 Å². The molecule has 0 saturated heterocycles. The molecule has 3 rings (SSSR count). The minimum atomic E-state index is 0.743. The van der Waals surface area contributed by atoms with Gasteiger partial charge in [-0.25, -0.2) is 4.98 Å². The molecule has 3 aromatic rings. The second-order valence-corrected chi connectivity index (χ2v) is 5.22. The third kappa shape index (κ3) is 2.89. The number of anilines is 1. The number of fused-ring (bicyclic) bond motifs is 1. The summed E-state index contributed by atoms with van der Waals surface area (Å²) in [6.45, 7) is 3.14. The number of benzene rings is 1. The Morgan fingerprint density at radius 1 is 1.19 bits per heavy atom. The van der Waals surface area contributed by atoms with Gasteiger partial charge in [0.25, 0.3) is 0 Å². The van der Waals surface area contributed by atoms with Gasteiger partial charge < -0.3 is 9.88 Å². The zero-order valence-corrected chi connectivity index (χ0v) is 12.5. The van der Waals surface area contributed by atoms with Crippen molar-refractivity contribution in [1.29, 1.82) is 0 Å². The molecule has 108 valence electrons. The molecular weight excluding hydrogens is 260 g/mol. The van der Waals surface area contributed by atoms with Crippen LogP contribution in [0.15, 0.2) is 42.6 Å². The molecule has 0 radical (unpaired) electrons. The van der Waals surface area contributed by atoms with Gasteiger partial charge in [0.05, 0.1) is 11.0 Å². The lowest BCUT2D eigenvalue weighted by Gasteiger charge is -2.07. The predicted octanol–water partition coefficient (Wildman–Crippen LogP) is 3.38. The Bertz CT molecular complexity index is 745. The number of hydrogen-bond acceptors (Lipinski definition) is 3. The summed E-state index contributed by atoms with van der Waals surface area (Å²) in [5.74, 6) is 1.04. The minimum Gasteiger partial charge on any atom is -0.385 e. The molecule has 0 amide bonds. The molecular formula is C17H20N4. The van der Waals surface area contributed by atoms with Crippen LogP contribution in [0.1, 0.15) is 24.9 Å². The van der Waals surface area contributed by atoms with Crippen LogP contribution in [0.25, 0.3) is 11.0 Å². The molecule has 0 spiro atoms. The number of para-hydroxylation sites is 2. The van der Waals surface area contributed by atoms with Crippen molar-refractivity contribution >= 4 is 16.7 Å². The van der Waals surface area contributed by atoms with E-state index in [1.54, 1.807) is 0 Å². The number of nitrogens with one attached hydrogen (secondary N) is 1. The Balaban J connectivity index is 1.86. The molecule has 0 aliphatic heterocycles. The van der Waals surface area contributed by atoms with Crippen LogP contribution in [0, 0.1) is 0 Å². The highest BCUT2D eigenvalue weighted by atomic mass is 15.1. The van der Waals surface area contributed by atoms with E-state index in [4.69, 9.17) is 4.98 Å². The van der Waals surface area contributed by atoms with Crippen LogP contribution in [-0.2, 0) is 13.5 Å². The van der Waals surface area contributed by atoms with Crippen molar-refractivity contribution in [3.05, 3.63) is 54.1 Å². The summed E-state index contributed by atoms with van der Waals surface area (Å²) >= 11 is 0. The van der Waals surface area contributed by atoms with E-state index in [9.17, 15) is 0 Å². The smallest absolute Gasteiger partial charge is 0.115 e. The summed E-state index contributed by atoms with van der Waals surface area (Å²) in [5.41, 5.74) is 4.36. The van der Waals surface area contributed by atoms with E-state index in [0.717, 1.165) is 47.6 Å². The molecule has 0 saturated carbocycles. The highest BCUT2D eigenvalue weighted by molar-refractivity contribution is 5.75. The normalized spacial score (nSPS) is 11.0. The zero-order valence-electron chi connectivity index (χ0n) is 12.5. The van der Waals surface area contributed by atoms with Crippen LogP contribution in [0.4, 0.5) is 5.69 Å². The average molecular weight is 280 g/mol. The molecule has 4 nitrogen and oxygen atoms in total. The Morgan fingerprint density at radius 2 is 2.05 bits per heavy atom. The summed E-state index contributed by atoms with van der Waals surface area (Å²) in [7, 11) is 2.06. The van der Waals surface area contributed by atoms with Crippen molar-refractivity contribution in [3.8, 4) is 0 Å². The maximum Gasteiger partial charge on any atom is 0.115 e. The van der Waals surface area contributed by atoms with Crippen molar-refractivity contribution in [2.24, 2.45) is 7.05 Å². The molecule has 4 heteroatoms. The number of imidazole rings is 1. The van der Waals surface area contributed by atoms with E-state index in [-0.39, 0.29) is 0 Å². The Morgan fingerprint density at radius 3 is 2.86 bits per heavy atom. The van der Waals surface area contributed by atoms with E-state index in [1.807, 2.05) is 30.5 Å². The monoisotopic (exact) mass is 280 g/mol. The first kappa shape index (κ1) is 13.6. The van der Waals surface area contributed by atoms with E-state index in [2.05, 4.69) is 41.0 Å². The Labute approximate surface area is 124 Å². The van der Waals surface area contributed by atoms with Gasteiger partial charge in [-0.05, 0) is 30.7 Å². The van der Waals surface area contributed by atoms with Crippen LogP contribution in [0.3, 0.4) is 0 Å². The summed E-state index contributed by atoms with van der Waals surface area (Å²) in [6, 6.07) is 12.3. The maximum atomic E-state index is 4.70. The molecule has 1 aromatic carbocycles. The van der Waals surface area contributed by atoms with Crippen LogP contribution in [-0.4, -0.2) is 21.1 Å². The second kappa shape index (κ2) is 5.95. The topological polar surface area (TPSA) is 42.7 Å². The van der Waals surface area contributed by atoms with Gasteiger partial charge in [0.1, 0.15) is 5.82 Å². The fourth-order valence-corrected chi connectivity index (χ4v) is 2.47. The van der Waals surface area contributed by atoms with Gasteiger partial charge in [0, 0.05) is 37.6 Å². The lowest BCUT2D eigenvalue weighted by Crippen LogP contribution is -2.03. The molecule has 21 heavy (non-hydrogen) atoms. The summed E-state index contributed by atoms with van der Waals surface area (Å²) < 4.78 is 2.14. The number of aromatic nitrogens is 3. The molecule has 2 aromatic heterocycles. The fourth-order valence-electron chi connectivity index (χ4n) is 2.47. The summed E-state index contributed by atoms with van der Waals surface area (Å²) in [5, 5.41) is 3.39. The summed E-state index contributed by atoms with van der Waals surface area (Å²) in [6.07, 6.45) is 3.71. The van der Waals surface area contributed by atoms with Crippen molar-refractivity contribution in [3.63, 3.8) is 0 Å². The summed E-state index contributed by atoms with van der Waals surface area (Å²) in [4.78, 5) is 9.16. The number of hydrogen-bond donors (Lipinski definition) is 1. The lowest BCUT2D eigenvalue weighted by atomic mass is 10.2. The van der Waals surface area contributed by atoms with Crippen molar-refractivity contribution in [1.82, 2.24) is 14.5 Å². The van der Waals surface area contributed by atoms with Crippen molar-refractivity contribution in [2.45, 2.75) is 19.8 Å². The molecule has 2 heterocycles. The fraction of sp³-hybridized carbons (Fsp3) is 0.294. The first-order chi connectivity index (χ1) is 10.3. The van der Waals surface area contributed by atoms with Crippen LogP contribution in [0.2, 0.25) is 0 Å². The Hall–Kier alpha value is -2.36. The number of rotatable bonds is 5. The zero-order chi connectivity index (χ0) is 14.7. The number of aryl methyl sites for hydroxylation is 1. The molecule has 0 aliphatic rings. The highest BCUT2D eigenvalue weighted by Crippen LogP contribution is 2.17. The molecule has 0 bridgehead atoms. The quantitative estimate of drug-likeness (QED) is 0.779.